The average molecular weight is 785 g/mol. The van der Waals surface area contributed by atoms with Gasteiger partial charge in [0.15, 0.2) is 0 Å². The molecule has 2 heterocycles. The van der Waals surface area contributed by atoms with Gasteiger partial charge in [0.05, 0.1) is 0 Å². The Labute approximate surface area is 350 Å². The quantitative estimate of drug-likeness (QED) is 0.157. The summed E-state index contributed by atoms with van der Waals surface area (Å²) in [7, 11) is 0. The molecule has 0 radical (unpaired) electrons. The third kappa shape index (κ3) is 4.65. The maximum atomic E-state index is 2.45. The molecule has 0 nitrogen and oxygen atoms in total. The van der Waals surface area contributed by atoms with Crippen molar-refractivity contribution in [2.45, 2.75) is 19.3 Å². The van der Waals surface area contributed by atoms with Gasteiger partial charge in [0.2, 0.25) is 0 Å². The van der Waals surface area contributed by atoms with Crippen molar-refractivity contribution < 1.29 is 0 Å². The lowest BCUT2D eigenvalue weighted by Gasteiger charge is -2.22. The summed E-state index contributed by atoms with van der Waals surface area (Å²) in [5.41, 5.74) is 13.1. The lowest BCUT2D eigenvalue weighted by Crippen LogP contribution is -2.14. The second-order valence-corrected chi connectivity index (χ2v) is 18.8. The molecule has 0 atom stereocenters. The van der Waals surface area contributed by atoms with Crippen molar-refractivity contribution in [1.29, 1.82) is 0 Å². The van der Waals surface area contributed by atoms with Crippen LogP contribution in [0.25, 0.3) is 117 Å². The van der Waals surface area contributed by atoms with E-state index in [0.717, 1.165) is 0 Å². The summed E-state index contributed by atoms with van der Waals surface area (Å²) < 4.78 is 5.45. The normalized spacial score (nSPS) is 13.4. The predicted molar refractivity (Wildman–Crippen MR) is 259 cm³/mol. The van der Waals surface area contributed by atoms with Crippen LogP contribution in [0.3, 0.4) is 0 Å². The van der Waals surface area contributed by atoms with Crippen molar-refractivity contribution in [2.24, 2.45) is 0 Å². The SMILES string of the molecule is CC1(C)c2ccccc2-c2cc(-c3c4ccccc4c(-c4ccc(-c5cc6sc7c(ccc8sc9ccccc9c87)c6c6ccccc56)cc4)c4ccccc34)ccc21. The first-order valence-corrected chi connectivity index (χ1v) is 22.1. The molecule has 59 heavy (non-hydrogen) atoms. The smallest absolute Gasteiger partial charge is 0.0448 e. The number of thiophene rings is 2. The molecule has 2 aromatic heterocycles. The summed E-state index contributed by atoms with van der Waals surface area (Å²) in [6.45, 7) is 4.72. The molecule has 2 heteroatoms. The molecule has 10 aromatic carbocycles. The monoisotopic (exact) mass is 784 g/mol. The van der Waals surface area contributed by atoms with Crippen LogP contribution in [0.15, 0.2) is 182 Å². The van der Waals surface area contributed by atoms with Gasteiger partial charge in [-0.15, -0.1) is 22.7 Å². The van der Waals surface area contributed by atoms with Gasteiger partial charge in [-0.3, -0.25) is 0 Å². The molecule has 0 saturated heterocycles. The van der Waals surface area contributed by atoms with E-state index in [0.29, 0.717) is 0 Å². The summed E-state index contributed by atoms with van der Waals surface area (Å²) in [5, 5.41) is 13.2. The van der Waals surface area contributed by atoms with E-state index in [1.165, 1.54) is 128 Å². The molecule has 0 amide bonds. The van der Waals surface area contributed by atoms with E-state index in [1.54, 1.807) is 0 Å². The van der Waals surface area contributed by atoms with Gasteiger partial charge in [0.1, 0.15) is 0 Å². The third-order valence-electron chi connectivity index (χ3n) is 13.3. The van der Waals surface area contributed by atoms with E-state index in [4.69, 9.17) is 0 Å². The molecular weight excluding hydrogens is 749 g/mol. The van der Waals surface area contributed by atoms with Gasteiger partial charge >= 0.3 is 0 Å². The topological polar surface area (TPSA) is 0 Å². The molecule has 1 aliphatic rings. The molecule has 0 saturated carbocycles. The molecule has 276 valence electrons. The maximum Gasteiger partial charge on any atom is 0.0448 e. The molecular formula is C57H36S2. The molecule has 0 bridgehead atoms. The van der Waals surface area contributed by atoms with Crippen molar-refractivity contribution in [1.82, 2.24) is 0 Å². The lowest BCUT2D eigenvalue weighted by molar-refractivity contribution is 0.660. The largest absolute Gasteiger partial charge is 0.135 e. The lowest BCUT2D eigenvalue weighted by atomic mass is 9.81. The Balaban J connectivity index is 0.986. The third-order valence-corrected chi connectivity index (χ3v) is 15.6. The first-order valence-electron chi connectivity index (χ1n) is 20.5. The minimum Gasteiger partial charge on any atom is -0.135 e. The van der Waals surface area contributed by atoms with Crippen molar-refractivity contribution in [3.63, 3.8) is 0 Å². The summed E-state index contributed by atoms with van der Waals surface area (Å²) in [5.74, 6) is 0. The molecule has 12 aromatic rings. The van der Waals surface area contributed by atoms with E-state index in [9.17, 15) is 0 Å². The van der Waals surface area contributed by atoms with E-state index < -0.39 is 0 Å². The van der Waals surface area contributed by atoms with E-state index in [-0.39, 0.29) is 5.41 Å². The van der Waals surface area contributed by atoms with Crippen LogP contribution in [0.4, 0.5) is 0 Å². The highest BCUT2D eigenvalue weighted by Crippen LogP contribution is 2.52. The molecule has 13 rings (SSSR count). The van der Waals surface area contributed by atoms with Gasteiger partial charge in [-0.05, 0) is 112 Å². The maximum absolute atomic E-state index is 2.45. The average Bonchev–Trinajstić information content (AvgIpc) is 3.93. The van der Waals surface area contributed by atoms with Gasteiger partial charge in [-0.1, -0.05) is 172 Å². The molecule has 0 aliphatic heterocycles. The van der Waals surface area contributed by atoms with Gasteiger partial charge < -0.3 is 0 Å². The molecule has 0 unspecified atom stereocenters. The highest BCUT2D eigenvalue weighted by atomic mass is 32.1. The zero-order valence-corrected chi connectivity index (χ0v) is 34.3. The van der Waals surface area contributed by atoms with Crippen molar-refractivity contribution in [3.05, 3.63) is 193 Å². The summed E-state index contributed by atoms with van der Waals surface area (Å²) in [4.78, 5) is 0. The Morgan fingerprint density at radius 1 is 0.322 bits per heavy atom. The molecule has 0 spiro atoms. The van der Waals surface area contributed by atoms with E-state index >= 15 is 0 Å². The van der Waals surface area contributed by atoms with Gasteiger partial charge in [-0.2, -0.15) is 0 Å². The number of fused-ring (bicyclic) bond motifs is 14. The fourth-order valence-corrected chi connectivity index (χ4v) is 13.1. The summed E-state index contributed by atoms with van der Waals surface area (Å²) in [6.07, 6.45) is 0. The fourth-order valence-electron chi connectivity index (χ4n) is 10.6. The van der Waals surface area contributed by atoms with Crippen LogP contribution in [-0.2, 0) is 5.41 Å². The summed E-state index contributed by atoms with van der Waals surface area (Å²) in [6, 6.07) is 68.6. The van der Waals surface area contributed by atoms with Crippen LogP contribution in [0.2, 0.25) is 0 Å². The van der Waals surface area contributed by atoms with Crippen LogP contribution in [0.1, 0.15) is 25.0 Å². The number of hydrogen-bond donors (Lipinski definition) is 0. The molecule has 0 fully saturated rings. The number of rotatable bonds is 3. The van der Waals surface area contributed by atoms with Crippen molar-refractivity contribution in [3.8, 4) is 44.5 Å². The van der Waals surface area contributed by atoms with Crippen molar-refractivity contribution in [2.75, 3.05) is 0 Å². The Kier molecular flexibility index (Phi) is 6.92. The second-order valence-electron chi connectivity index (χ2n) is 16.7. The Morgan fingerprint density at radius 2 is 0.881 bits per heavy atom. The predicted octanol–water partition coefficient (Wildman–Crippen LogP) is 17.2. The Bertz CT molecular complexity index is 3690. The standard InChI is InChI=1S/C57H36S2/c1-57(2)47-21-11-9-14-37(47)46-31-35(27-29-48(46)57)53-41-18-7-5-16-39(41)52(40-17-6-8-19-42(40)53)34-25-23-33(24-26-34)45-32-51-54(38-15-4-3-13-36(38)45)44-28-30-50-55(56(44)59-51)43-20-10-12-22-49(43)58-50/h3-32H,1-2H3. The van der Waals surface area contributed by atoms with Gasteiger partial charge in [-0.25, -0.2) is 0 Å². The summed E-state index contributed by atoms with van der Waals surface area (Å²) >= 11 is 3.84. The van der Waals surface area contributed by atoms with E-state index in [1.807, 2.05) is 22.7 Å². The fraction of sp³-hybridized carbons (Fsp3) is 0.0526. The first-order chi connectivity index (χ1) is 29.0. The van der Waals surface area contributed by atoms with Crippen LogP contribution in [-0.4, -0.2) is 0 Å². The van der Waals surface area contributed by atoms with Gasteiger partial charge in [0, 0.05) is 45.8 Å². The Morgan fingerprint density at radius 3 is 1.61 bits per heavy atom. The second kappa shape index (κ2) is 12.2. The number of hydrogen-bond acceptors (Lipinski definition) is 2. The minimum absolute atomic E-state index is 0.0211. The zero-order chi connectivity index (χ0) is 39.0. The van der Waals surface area contributed by atoms with Crippen LogP contribution < -0.4 is 0 Å². The first kappa shape index (κ1) is 33.4. The molecule has 0 N–H and O–H groups in total. The van der Waals surface area contributed by atoms with Crippen LogP contribution in [0, 0.1) is 0 Å². The van der Waals surface area contributed by atoms with Crippen molar-refractivity contribution >= 4 is 95.3 Å². The molecule has 1 aliphatic carbocycles. The minimum atomic E-state index is -0.0211. The number of benzene rings is 10. The van der Waals surface area contributed by atoms with Gasteiger partial charge in [0.25, 0.3) is 0 Å². The highest BCUT2D eigenvalue weighted by Gasteiger charge is 2.35. The zero-order valence-electron chi connectivity index (χ0n) is 32.6. The van der Waals surface area contributed by atoms with Crippen LogP contribution in [0.5, 0.6) is 0 Å². The highest BCUT2D eigenvalue weighted by molar-refractivity contribution is 7.30. The van der Waals surface area contributed by atoms with Crippen LogP contribution >= 0.6 is 22.7 Å². The van der Waals surface area contributed by atoms with E-state index in [2.05, 4.69) is 196 Å². The Hall–Kier alpha value is -6.58.